The molecule has 0 spiro atoms. The van der Waals surface area contributed by atoms with Crippen molar-refractivity contribution >= 4 is 11.6 Å². The Bertz CT molecular complexity index is 697. The first kappa shape index (κ1) is 17.5. The number of hydrogen-bond donors (Lipinski definition) is 1. The Morgan fingerprint density at radius 1 is 1.16 bits per heavy atom. The number of carbonyl (C=O) groups is 1. The average Bonchev–Trinajstić information content (AvgIpc) is 2.66. The fourth-order valence-electron chi connectivity index (χ4n) is 3.28. The minimum Gasteiger partial charge on any atom is -0.385 e. The molecule has 0 radical (unpaired) electrons. The quantitative estimate of drug-likeness (QED) is 0.787. The summed E-state index contributed by atoms with van der Waals surface area (Å²) in [6.45, 7) is 3.26. The number of nitrogens with one attached hydrogen (secondary N) is 1. The second kappa shape index (κ2) is 8.67. The zero-order valence-electron chi connectivity index (χ0n) is 14.8. The summed E-state index contributed by atoms with van der Waals surface area (Å²) < 4.78 is 4.99. The molecule has 1 aliphatic rings. The molecule has 0 aliphatic carbocycles. The molecule has 0 saturated heterocycles. The van der Waals surface area contributed by atoms with Gasteiger partial charge in [-0.3, -0.25) is 4.79 Å². The van der Waals surface area contributed by atoms with Gasteiger partial charge in [-0.15, -0.1) is 0 Å². The largest absolute Gasteiger partial charge is 0.385 e. The van der Waals surface area contributed by atoms with Crippen molar-refractivity contribution in [1.29, 1.82) is 0 Å². The van der Waals surface area contributed by atoms with Crippen LogP contribution < -0.4 is 10.2 Å². The van der Waals surface area contributed by atoms with Crippen LogP contribution in [0.2, 0.25) is 0 Å². The molecule has 1 heterocycles. The van der Waals surface area contributed by atoms with Gasteiger partial charge in [0.2, 0.25) is 0 Å². The monoisotopic (exact) mass is 338 g/mol. The van der Waals surface area contributed by atoms with E-state index in [1.54, 1.807) is 7.11 Å². The van der Waals surface area contributed by atoms with Gasteiger partial charge >= 0.3 is 0 Å². The summed E-state index contributed by atoms with van der Waals surface area (Å²) in [7, 11) is 1.67. The van der Waals surface area contributed by atoms with Crippen LogP contribution in [0.5, 0.6) is 0 Å². The maximum atomic E-state index is 12.1. The van der Waals surface area contributed by atoms with E-state index in [-0.39, 0.29) is 5.91 Å². The van der Waals surface area contributed by atoms with Crippen molar-refractivity contribution in [1.82, 2.24) is 5.32 Å². The predicted molar refractivity (Wildman–Crippen MR) is 101 cm³/mol. The first-order valence-corrected chi connectivity index (χ1v) is 8.97. The summed E-state index contributed by atoms with van der Waals surface area (Å²) in [4.78, 5) is 14.5. The third-order valence-electron chi connectivity index (χ3n) is 4.61. The SMILES string of the molecule is COCCCNC(=O)c1ccc(CN2CCCc3ccccc32)cc1. The lowest BCUT2D eigenvalue weighted by molar-refractivity contribution is 0.0948. The highest BCUT2D eigenvalue weighted by Gasteiger charge is 2.16. The lowest BCUT2D eigenvalue weighted by atomic mass is 10.0. The normalized spacial score (nSPS) is 13.4. The predicted octanol–water partition coefficient (Wildman–Crippen LogP) is 3.41. The lowest BCUT2D eigenvalue weighted by Crippen LogP contribution is -2.28. The maximum absolute atomic E-state index is 12.1. The zero-order chi connectivity index (χ0) is 17.5. The van der Waals surface area contributed by atoms with Gasteiger partial charge in [0.15, 0.2) is 0 Å². The van der Waals surface area contributed by atoms with Crippen molar-refractivity contribution in [3.8, 4) is 0 Å². The maximum Gasteiger partial charge on any atom is 0.251 e. The summed E-state index contributed by atoms with van der Waals surface area (Å²) in [5.41, 5.74) is 4.71. The molecule has 0 unspecified atom stereocenters. The van der Waals surface area contributed by atoms with E-state index in [9.17, 15) is 4.79 Å². The summed E-state index contributed by atoms with van der Waals surface area (Å²) in [6, 6.07) is 16.6. The fourth-order valence-corrected chi connectivity index (χ4v) is 3.28. The van der Waals surface area contributed by atoms with Gasteiger partial charge in [0.1, 0.15) is 0 Å². The molecule has 2 aromatic rings. The summed E-state index contributed by atoms with van der Waals surface area (Å²) in [6.07, 6.45) is 3.18. The number of nitrogens with zero attached hydrogens (tertiary/aromatic N) is 1. The Kier molecular flexibility index (Phi) is 6.07. The van der Waals surface area contributed by atoms with E-state index in [4.69, 9.17) is 4.74 Å². The molecule has 132 valence electrons. The van der Waals surface area contributed by atoms with Crippen LogP contribution >= 0.6 is 0 Å². The zero-order valence-corrected chi connectivity index (χ0v) is 14.8. The number of anilines is 1. The van der Waals surface area contributed by atoms with Crippen LogP contribution in [-0.4, -0.2) is 32.7 Å². The van der Waals surface area contributed by atoms with Crippen molar-refractivity contribution in [2.45, 2.75) is 25.8 Å². The van der Waals surface area contributed by atoms with Gasteiger partial charge in [-0.2, -0.15) is 0 Å². The van der Waals surface area contributed by atoms with Crippen LogP contribution in [0.15, 0.2) is 48.5 Å². The van der Waals surface area contributed by atoms with E-state index in [2.05, 4.69) is 46.6 Å². The first-order chi connectivity index (χ1) is 12.3. The van der Waals surface area contributed by atoms with Crippen LogP contribution in [0, 0.1) is 0 Å². The fraction of sp³-hybridized carbons (Fsp3) is 0.381. The number of rotatable bonds is 7. The Morgan fingerprint density at radius 3 is 2.76 bits per heavy atom. The number of amides is 1. The molecule has 0 saturated carbocycles. The van der Waals surface area contributed by atoms with Gasteiger partial charge in [-0.1, -0.05) is 30.3 Å². The first-order valence-electron chi connectivity index (χ1n) is 8.97. The molecule has 0 fully saturated rings. The number of ether oxygens (including phenoxy) is 1. The molecular formula is C21H26N2O2. The van der Waals surface area contributed by atoms with Gasteiger partial charge in [-0.25, -0.2) is 0 Å². The lowest BCUT2D eigenvalue weighted by Gasteiger charge is -2.31. The number of fused-ring (bicyclic) bond motifs is 1. The highest BCUT2D eigenvalue weighted by atomic mass is 16.5. The van der Waals surface area contributed by atoms with Crippen LogP contribution in [0.4, 0.5) is 5.69 Å². The van der Waals surface area contributed by atoms with E-state index < -0.39 is 0 Å². The van der Waals surface area contributed by atoms with E-state index in [0.717, 1.165) is 25.9 Å². The molecule has 0 bridgehead atoms. The van der Waals surface area contributed by atoms with E-state index in [1.165, 1.54) is 23.2 Å². The highest BCUT2D eigenvalue weighted by Crippen LogP contribution is 2.28. The van der Waals surface area contributed by atoms with E-state index in [1.807, 2.05) is 12.1 Å². The minimum atomic E-state index is -0.0222. The molecule has 4 heteroatoms. The van der Waals surface area contributed by atoms with Crippen LogP contribution in [0.3, 0.4) is 0 Å². The third-order valence-corrected chi connectivity index (χ3v) is 4.61. The summed E-state index contributed by atoms with van der Waals surface area (Å²) in [5.74, 6) is -0.0222. The number of methoxy groups -OCH3 is 1. The Balaban J connectivity index is 1.59. The topological polar surface area (TPSA) is 41.6 Å². The van der Waals surface area contributed by atoms with Crippen molar-refractivity contribution in [2.75, 3.05) is 31.7 Å². The van der Waals surface area contributed by atoms with Crippen molar-refractivity contribution in [2.24, 2.45) is 0 Å². The third kappa shape index (κ3) is 4.60. The second-order valence-electron chi connectivity index (χ2n) is 6.45. The smallest absolute Gasteiger partial charge is 0.251 e. The molecule has 1 aliphatic heterocycles. The van der Waals surface area contributed by atoms with E-state index in [0.29, 0.717) is 18.7 Å². The molecule has 0 aromatic heterocycles. The number of aryl methyl sites for hydroxylation is 1. The molecule has 0 atom stereocenters. The van der Waals surface area contributed by atoms with Crippen molar-refractivity contribution < 1.29 is 9.53 Å². The number of benzene rings is 2. The van der Waals surface area contributed by atoms with Gasteiger partial charge in [0.05, 0.1) is 0 Å². The molecule has 25 heavy (non-hydrogen) atoms. The Hall–Kier alpha value is -2.33. The molecule has 3 rings (SSSR count). The summed E-state index contributed by atoms with van der Waals surface area (Å²) in [5, 5.41) is 2.92. The standard InChI is InChI=1S/C21H26N2O2/c1-25-15-5-13-22-21(24)19-11-9-17(10-12-19)16-23-14-4-7-18-6-2-3-8-20(18)23/h2-3,6,8-12H,4-5,7,13-16H2,1H3,(H,22,24). The number of carbonyl (C=O) groups excluding carboxylic acids is 1. The van der Waals surface area contributed by atoms with Gasteiger partial charge in [0, 0.05) is 44.6 Å². The van der Waals surface area contributed by atoms with Crippen LogP contribution in [-0.2, 0) is 17.7 Å². The van der Waals surface area contributed by atoms with Crippen LogP contribution in [0.25, 0.3) is 0 Å². The average molecular weight is 338 g/mol. The molecule has 2 aromatic carbocycles. The molecule has 1 amide bonds. The van der Waals surface area contributed by atoms with Gasteiger partial charge in [-0.05, 0) is 48.6 Å². The summed E-state index contributed by atoms with van der Waals surface area (Å²) >= 11 is 0. The molecule has 4 nitrogen and oxygen atoms in total. The van der Waals surface area contributed by atoms with Gasteiger partial charge < -0.3 is 15.0 Å². The molecular weight excluding hydrogens is 312 g/mol. The van der Waals surface area contributed by atoms with Crippen molar-refractivity contribution in [3.05, 3.63) is 65.2 Å². The van der Waals surface area contributed by atoms with Gasteiger partial charge in [0.25, 0.3) is 5.91 Å². The number of hydrogen-bond acceptors (Lipinski definition) is 3. The van der Waals surface area contributed by atoms with E-state index >= 15 is 0 Å². The Morgan fingerprint density at radius 2 is 1.96 bits per heavy atom. The number of para-hydroxylation sites is 1. The minimum absolute atomic E-state index is 0.0222. The molecule has 1 N–H and O–H groups in total. The highest BCUT2D eigenvalue weighted by molar-refractivity contribution is 5.94. The Labute approximate surface area is 149 Å². The van der Waals surface area contributed by atoms with Crippen molar-refractivity contribution in [3.63, 3.8) is 0 Å². The second-order valence-corrected chi connectivity index (χ2v) is 6.45. The van der Waals surface area contributed by atoms with Crippen LogP contribution in [0.1, 0.15) is 34.3 Å².